The van der Waals surface area contributed by atoms with E-state index in [2.05, 4.69) is 10.0 Å². The van der Waals surface area contributed by atoms with Crippen LogP contribution in [0.25, 0.3) is 0 Å². The van der Waals surface area contributed by atoms with E-state index < -0.39 is 10.0 Å². The van der Waals surface area contributed by atoms with Gasteiger partial charge in [0.15, 0.2) is 0 Å². The van der Waals surface area contributed by atoms with Gasteiger partial charge in [-0.05, 0) is 49.9 Å². The number of hydrogen-bond acceptors (Lipinski definition) is 3. The summed E-state index contributed by atoms with van der Waals surface area (Å²) in [4.78, 5) is 0.451. The van der Waals surface area contributed by atoms with Gasteiger partial charge in [0.05, 0.1) is 4.90 Å². The van der Waals surface area contributed by atoms with Gasteiger partial charge in [0.1, 0.15) is 0 Å². The van der Waals surface area contributed by atoms with Gasteiger partial charge in [-0.1, -0.05) is 6.07 Å². The summed E-state index contributed by atoms with van der Waals surface area (Å²) in [6.07, 6.45) is 0. The van der Waals surface area contributed by atoms with Crippen molar-refractivity contribution in [2.24, 2.45) is 0 Å². The molecule has 0 atom stereocenters. The molecule has 0 spiro atoms. The third kappa shape index (κ3) is 2.30. The smallest absolute Gasteiger partial charge is 0.241 e. The molecule has 1 aliphatic heterocycles. The first-order chi connectivity index (χ1) is 8.33. The second kappa shape index (κ2) is 4.64. The van der Waals surface area contributed by atoms with Crippen LogP contribution in [0.3, 0.4) is 0 Å². The van der Waals surface area contributed by atoms with E-state index in [4.69, 9.17) is 0 Å². The minimum absolute atomic E-state index is 0.0228. The normalized spacial score (nSPS) is 16.7. The molecule has 18 heavy (non-hydrogen) atoms. The minimum Gasteiger partial charge on any atom is -0.313 e. The molecule has 1 saturated heterocycles. The molecule has 0 saturated carbocycles. The van der Waals surface area contributed by atoms with Gasteiger partial charge >= 0.3 is 0 Å². The molecule has 0 amide bonds. The molecule has 1 fully saturated rings. The second-order valence-electron chi connectivity index (χ2n) is 5.07. The molecule has 1 aromatic rings. The Balaban J connectivity index is 2.49. The average molecular weight is 268 g/mol. The average Bonchev–Trinajstić information content (AvgIpc) is 2.21. The highest BCUT2D eigenvalue weighted by atomic mass is 32.2. The molecule has 0 unspecified atom stereocenters. The van der Waals surface area contributed by atoms with Crippen molar-refractivity contribution in [1.82, 2.24) is 10.0 Å². The lowest BCUT2D eigenvalue weighted by Gasteiger charge is -2.28. The Morgan fingerprint density at radius 3 is 2.00 bits per heavy atom. The van der Waals surface area contributed by atoms with Crippen molar-refractivity contribution in [2.75, 3.05) is 13.1 Å². The summed E-state index contributed by atoms with van der Waals surface area (Å²) in [5.74, 6) is 0. The van der Waals surface area contributed by atoms with Gasteiger partial charge in [0.25, 0.3) is 0 Å². The Hall–Kier alpha value is -0.910. The quantitative estimate of drug-likeness (QED) is 0.865. The lowest BCUT2D eigenvalue weighted by atomic mass is 10.0. The molecule has 4 nitrogen and oxygen atoms in total. The van der Waals surface area contributed by atoms with Crippen molar-refractivity contribution >= 4 is 10.0 Å². The van der Waals surface area contributed by atoms with Gasteiger partial charge in [-0.25, -0.2) is 13.1 Å². The molecule has 1 heterocycles. The number of nitrogens with one attached hydrogen (secondary N) is 2. The van der Waals surface area contributed by atoms with Crippen molar-refractivity contribution in [1.29, 1.82) is 0 Å². The molecular formula is C13H20N2O2S. The van der Waals surface area contributed by atoms with E-state index in [0.29, 0.717) is 18.0 Å². The lowest BCUT2D eigenvalue weighted by Crippen LogP contribution is -2.56. The molecule has 2 rings (SSSR count). The Morgan fingerprint density at radius 2 is 1.61 bits per heavy atom. The van der Waals surface area contributed by atoms with Gasteiger partial charge in [0.2, 0.25) is 10.0 Å². The Bertz CT molecular complexity index is 549. The van der Waals surface area contributed by atoms with E-state index in [0.717, 1.165) is 22.3 Å². The summed E-state index contributed by atoms with van der Waals surface area (Å²) < 4.78 is 27.6. The summed E-state index contributed by atoms with van der Waals surface area (Å²) in [7, 11) is -3.42. The SMILES string of the molecule is Cc1cc(C)c(C)c(S(=O)(=O)NC2CNC2)c1C. The molecule has 1 aromatic carbocycles. The van der Waals surface area contributed by atoms with Gasteiger partial charge in [-0.2, -0.15) is 0 Å². The van der Waals surface area contributed by atoms with Gasteiger partial charge < -0.3 is 5.32 Å². The molecule has 0 bridgehead atoms. The van der Waals surface area contributed by atoms with Crippen molar-refractivity contribution in [2.45, 2.75) is 38.6 Å². The Morgan fingerprint density at radius 1 is 1.11 bits per heavy atom. The molecule has 0 aromatic heterocycles. The van der Waals surface area contributed by atoms with Crippen LogP contribution >= 0.6 is 0 Å². The Labute approximate surface area is 109 Å². The van der Waals surface area contributed by atoms with E-state index in [-0.39, 0.29) is 6.04 Å². The fraction of sp³-hybridized carbons (Fsp3) is 0.538. The number of sulfonamides is 1. The van der Waals surface area contributed by atoms with Crippen LogP contribution in [0, 0.1) is 27.7 Å². The van der Waals surface area contributed by atoms with Gasteiger partial charge in [-0.3, -0.25) is 0 Å². The predicted octanol–water partition coefficient (Wildman–Crippen LogP) is 1.17. The first kappa shape index (κ1) is 13.5. The zero-order valence-corrected chi connectivity index (χ0v) is 12.1. The first-order valence-corrected chi connectivity index (χ1v) is 7.61. The third-order valence-electron chi connectivity index (χ3n) is 3.67. The van der Waals surface area contributed by atoms with Gasteiger partial charge in [0, 0.05) is 19.1 Å². The number of aryl methyl sites for hydroxylation is 2. The summed E-state index contributed by atoms with van der Waals surface area (Å²) in [5.41, 5.74) is 3.73. The highest BCUT2D eigenvalue weighted by molar-refractivity contribution is 7.89. The zero-order chi connectivity index (χ0) is 13.5. The Kier molecular flexibility index (Phi) is 3.49. The number of rotatable bonds is 3. The molecule has 5 heteroatoms. The van der Waals surface area contributed by atoms with Crippen molar-refractivity contribution in [3.05, 3.63) is 28.3 Å². The van der Waals surface area contributed by atoms with E-state index in [1.54, 1.807) is 0 Å². The number of benzene rings is 1. The fourth-order valence-corrected chi connectivity index (χ4v) is 4.09. The fourth-order valence-electron chi connectivity index (χ4n) is 2.23. The summed E-state index contributed by atoms with van der Waals surface area (Å²) in [5, 5.41) is 3.06. The first-order valence-electron chi connectivity index (χ1n) is 6.13. The van der Waals surface area contributed by atoms with Crippen LogP contribution in [-0.2, 0) is 10.0 Å². The van der Waals surface area contributed by atoms with Crippen molar-refractivity contribution < 1.29 is 8.42 Å². The highest BCUT2D eigenvalue weighted by Gasteiger charge is 2.27. The summed E-state index contributed by atoms with van der Waals surface area (Å²) >= 11 is 0. The topological polar surface area (TPSA) is 58.2 Å². The number of hydrogen-bond donors (Lipinski definition) is 2. The van der Waals surface area contributed by atoms with Crippen LogP contribution in [0.2, 0.25) is 0 Å². The van der Waals surface area contributed by atoms with E-state index in [9.17, 15) is 8.42 Å². The summed E-state index contributed by atoms with van der Waals surface area (Å²) in [6.45, 7) is 9.06. The van der Waals surface area contributed by atoms with Crippen molar-refractivity contribution in [3.8, 4) is 0 Å². The molecule has 0 aliphatic carbocycles. The van der Waals surface area contributed by atoms with Crippen LogP contribution in [0.15, 0.2) is 11.0 Å². The molecular weight excluding hydrogens is 248 g/mol. The lowest BCUT2D eigenvalue weighted by molar-refractivity contribution is 0.410. The highest BCUT2D eigenvalue weighted by Crippen LogP contribution is 2.26. The van der Waals surface area contributed by atoms with Crippen molar-refractivity contribution in [3.63, 3.8) is 0 Å². The molecule has 1 aliphatic rings. The maximum absolute atomic E-state index is 12.4. The second-order valence-corrected chi connectivity index (χ2v) is 6.72. The summed E-state index contributed by atoms with van der Waals surface area (Å²) in [6, 6.07) is 2.06. The largest absolute Gasteiger partial charge is 0.313 e. The third-order valence-corrected chi connectivity index (χ3v) is 5.46. The van der Waals surface area contributed by atoms with Crippen LogP contribution < -0.4 is 10.0 Å². The van der Waals surface area contributed by atoms with Crippen LogP contribution in [0.4, 0.5) is 0 Å². The van der Waals surface area contributed by atoms with E-state index >= 15 is 0 Å². The molecule has 100 valence electrons. The monoisotopic (exact) mass is 268 g/mol. The molecule has 2 N–H and O–H groups in total. The predicted molar refractivity (Wildman–Crippen MR) is 72.4 cm³/mol. The van der Waals surface area contributed by atoms with E-state index in [1.807, 2.05) is 33.8 Å². The zero-order valence-electron chi connectivity index (χ0n) is 11.3. The van der Waals surface area contributed by atoms with Gasteiger partial charge in [-0.15, -0.1) is 0 Å². The van der Waals surface area contributed by atoms with Crippen LogP contribution in [0.5, 0.6) is 0 Å². The molecule has 0 radical (unpaired) electrons. The maximum atomic E-state index is 12.4. The standard InChI is InChI=1S/C13H20N2O2S/c1-8-5-9(2)11(4)13(10(8)3)18(16,17)15-12-6-14-7-12/h5,12,14-15H,6-7H2,1-4H3. The minimum atomic E-state index is -3.42. The maximum Gasteiger partial charge on any atom is 0.241 e. The van der Waals surface area contributed by atoms with Crippen LogP contribution in [-0.4, -0.2) is 27.5 Å². The van der Waals surface area contributed by atoms with E-state index in [1.165, 1.54) is 0 Å². The van der Waals surface area contributed by atoms with Crippen LogP contribution in [0.1, 0.15) is 22.3 Å².